The zero-order valence-corrected chi connectivity index (χ0v) is 15.5. The first-order chi connectivity index (χ1) is 12.6. The van der Waals surface area contributed by atoms with Crippen LogP contribution in [0, 0.1) is 0 Å². The van der Waals surface area contributed by atoms with Crippen molar-refractivity contribution in [2.45, 2.75) is 41.8 Å². The molecule has 0 spiro atoms. The first-order valence-corrected chi connectivity index (χ1v) is 8.86. The van der Waals surface area contributed by atoms with Gasteiger partial charge in [0.1, 0.15) is 0 Å². The second kappa shape index (κ2) is 8.22. The molecular weight excluding hydrogens is 467 g/mol. The van der Waals surface area contributed by atoms with E-state index in [9.17, 15) is 57.1 Å². The van der Waals surface area contributed by atoms with Crippen LogP contribution in [0.2, 0.25) is 6.04 Å². The molecule has 17 heteroatoms. The summed E-state index contributed by atoms with van der Waals surface area (Å²) in [6.45, 7) is 0. The minimum absolute atomic E-state index is 0.0211. The molecule has 0 bridgehead atoms. The largest absolute Gasteiger partial charge is 0.504 e. The summed E-state index contributed by atoms with van der Waals surface area (Å²) in [4.78, 5) is 0. The fourth-order valence-corrected chi connectivity index (χ4v) is 3.14. The highest BCUT2D eigenvalue weighted by Crippen LogP contribution is 2.60. The summed E-state index contributed by atoms with van der Waals surface area (Å²) in [5, 5.41) is 0. The maximum Gasteiger partial charge on any atom is 0.504 e. The van der Waals surface area contributed by atoms with Crippen LogP contribution in [-0.2, 0) is 13.3 Å². The fraction of sp³-hybridized carbons (Fsp3) is 0.833. The van der Waals surface area contributed by atoms with Crippen LogP contribution >= 0.6 is 0 Å². The van der Waals surface area contributed by atoms with E-state index in [4.69, 9.17) is 0 Å². The SMILES string of the molecule is CO[Si](C/C=C/C(F)(F)C(F)(F)C(F)(F)C(F)(F)C(F)(F)C(F)(F)F)(OC)OC. The second-order valence-electron chi connectivity index (χ2n) is 5.32. The highest BCUT2D eigenvalue weighted by molar-refractivity contribution is 6.61. The van der Waals surface area contributed by atoms with Crippen LogP contribution in [0.5, 0.6) is 0 Å². The van der Waals surface area contributed by atoms with Crippen molar-refractivity contribution in [1.82, 2.24) is 0 Å². The van der Waals surface area contributed by atoms with Gasteiger partial charge in [-0.3, -0.25) is 0 Å². The lowest BCUT2D eigenvalue weighted by atomic mass is 9.94. The Morgan fingerprint density at radius 3 is 1.24 bits per heavy atom. The Kier molecular flexibility index (Phi) is 7.92. The molecule has 29 heavy (non-hydrogen) atoms. The topological polar surface area (TPSA) is 27.7 Å². The van der Waals surface area contributed by atoms with Crippen LogP contribution in [0.1, 0.15) is 0 Å². The molecule has 0 radical (unpaired) electrons. The molecule has 0 N–H and O–H groups in total. The third-order valence-corrected chi connectivity index (χ3v) is 6.19. The first-order valence-electron chi connectivity index (χ1n) is 6.93. The Balaban J connectivity index is 6.09. The molecule has 0 aliphatic heterocycles. The molecule has 0 atom stereocenters. The summed E-state index contributed by atoms with van der Waals surface area (Å²) in [5.74, 6) is -37.2. The van der Waals surface area contributed by atoms with Gasteiger partial charge in [-0.25, -0.2) is 0 Å². The molecular formula is C12H13F13O3Si. The van der Waals surface area contributed by atoms with E-state index in [0.29, 0.717) is 0 Å². The standard InChI is InChI=1S/C12H13F13O3Si/c1-26-29(27-2,28-3)6-4-5-7(13,14)8(15,16)9(17,18)10(19,20)11(21,22)12(23,24)25/h4-5H,6H2,1-3H3/b5-4+. The minimum atomic E-state index is -7.93. The van der Waals surface area contributed by atoms with Crippen molar-refractivity contribution in [2.75, 3.05) is 21.3 Å². The molecule has 174 valence electrons. The Labute approximate surface area is 155 Å². The Hall–Kier alpha value is -1.07. The number of hydrogen-bond donors (Lipinski definition) is 0. The zero-order valence-electron chi connectivity index (χ0n) is 14.5. The summed E-state index contributed by atoms with van der Waals surface area (Å²) in [5.41, 5.74) is 0. The second-order valence-corrected chi connectivity index (χ2v) is 8.32. The van der Waals surface area contributed by atoms with E-state index < -0.39 is 56.7 Å². The lowest BCUT2D eigenvalue weighted by Crippen LogP contribution is -2.69. The number of hydrogen-bond acceptors (Lipinski definition) is 3. The predicted octanol–water partition coefficient (Wildman–Crippen LogP) is 5.16. The monoisotopic (exact) mass is 480 g/mol. The number of rotatable bonds is 10. The summed E-state index contributed by atoms with van der Waals surface area (Å²) in [7, 11) is -1.01. The third kappa shape index (κ3) is 4.51. The maximum absolute atomic E-state index is 13.5. The molecule has 0 aromatic carbocycles. The highest BCUT2D eigenvalue weighted by atomic mass is 28.4. The molecule has 0 aliphatic rings. The van der Waals surface area contributed by atoms with Crippen LogP contribution in [0.25, 0.3) is 0 Å². The van der Waals surface area contributed by atoms with E-state index >= 15 is 0 Å². The Morgan fingerprint density at radius 1 is 0.586 bits per heavy atom. The molecule has 0 aromatic heterocycles. The number of alkyl halides is 13. The molecule has 0 aromatic rings. The first kappa shape index (κ1) is 27.9. The van der Waals surface area contributed by atoms with Crippen molar-refractivity contribution in [1.29, 1.82) is 0 Å². The lowest BCUT2D eigenvalue weighted by Gasteiger charge is -2.39. The van der Waals surface area contributed by atoms with E-state index in [2.05, 4.69) is 13.3 Å². The summed E-state index contributed by atoms with van der Waals surface area (Å²) in [6, 6.07) is -0.900. The average Bonchev–Trinajstić information content (AvgIpc) is 2.57. The fourth-order valence-electron chi connectivity index (χ4n) is 1.74. The zero-order chi connectivity index (χ0) is 23.7. The van der Waals surface area contributed by atoms with Crippen molar-refractivity contribution >= 4 is 8.80 Å². The van der Waals surface area contributed by atoms with Crippen LogP contribution in [0.4, 0.5) is 57.1 Å². The maximum atomic E-state index is 13.5. The molecule has 0 amide bonds. The summed E-state index contributed by atoms with van der Waals surface area (Å²) in [6.07, 6.45) is -8.55. The van der Waals surface area contributed by atoms with E-state index in [1.807, 2.05) is 0 Å². The molecule has 3 nitrogen and oxygen atoms in total. The third-order valence-electron chi connectivity index (χ3n) is 3.59. The molecule has 0 aliphatic carbocycles. The normalized spacial score (nSPS) is 16.0. The van der Waals surface area contributed by atoms with Gasteiger partial charge in [0.2, 0.25) is 0 Å². The average molecular weight is 480 g/mol. The van der Waals surface area contributed by atoms with Gasteiger partial charge in [-0.15, -0.1) is 0 Å². The molecule has 0 fully saturated rings. The van der Waals surface area contributed by atoms with Gasteiger partial charge in [0.15, 0.2) is 0 Å². The van der Waals surface area contributed by atoms with Gasteiger partial charge in [0.05, 0.1) is 0 Å². The Morgan fingerprint density at radius 2 is 0.931 bits per heavy atom. The van der Waals surface area contributed by atoms with Gasteiger partial charge < -0.3 is 13.3 Å². The molecule has 0 rings (SSSR count). The molecule has 0 unspecified atom stereocenters. The molecule has 0 heterocycles. The van der Waals surface area contributed by atoms with Crippen molar-refractivity contribution in [3.05, 3.63) is 12.2 Å². The van der Waals surface area contributed by atoms with Crippen LogP contribution in [0.15, 0.2) is 12.2 Å². The van der Waals surface area contributed by atoms with Crippen molar-refractivity contribution < 1.29 is 70.4 Å². The van der Waals surface area contributed by atoms with Gasteiger partial charge in [-0.1, -0.05) is 6.08 Å². The van der Waals surface area contributed by atoms with Crippen molar-refractivity contribution in [3.63, 3.8) is 0 Å². The smallest absolute Gasteiger partial charge is 0.377 e. The summed E-state index contributed by atoms with van der Waals surface area (Å²) >= 11 is 0. The van der Waals surface area contributed by atoms with E-state index in [0.717, 1.165) is 21.3 Å². The van der Waals surface area contributed by atoms with Crippen LogP contribution in [-0.4, -0.2) is 65.9 Å². The van der Waals surface area contributed by atoms with Crippen LogP contribution in [0.3, 0.4) is 0 Å². The lowest BCUT2D eigenvalue weighted by molar-refractivity contribution is -0.436. The minimum Gasteiger partial charge on any atom is -0.377 e. The van der Waals surface area contributed by atoms with Crippen molar-refractivity contribution in [3.8, 4) is 0 Å². The van der Waals surface area contributed by atoms with Crippen LogP contribution < -0.4 is 0 Å². The van der Waals surface area contributed by atoms with E-state index in [1.165, 1.54) is 0 Å². The number of halogens is 13. The highest BCUT2D eigenvalue weighted by Gasteiger charge is 2.90. The summed E-state index contributed by atoms with van der Waals surface area (Å²) < 4.78 is 182. The van der Waals surface area contributed by atoms with E-state index in [1.54, 1.807) is 0 Å². The van der Waals surface area contributed by atoms with Crippen molar-refractivity contribution in [2.24, 2.45) is 0 Å². The molecule has 0 saturated carbocycles. The van der Waals surface area contributed by atoms with Gasteiger partial charge in [0, 0.05) is 27.4 Å². The quantitative estimate of drug-likeness (QED) is 0.246. The van der Waals surface area contributed by atoms with Gasteiger partial charge >= 0.3 is 44.6 Å². The van der Waals surface area contributed by atoms with Gasteiger partial charge in [0.25, 0.3) is 0 Å². The number of allylic oxidation sites excluding steroid dienone is 2. The predicted molar refractivity (Wildman–Crippen MR) is 71.5 cm³/mol. The molecule has 0 saturated heterocycles. The van der Waals surface area contributed by atoms with Gasteiger partial charge in [-0.05, 0) is 6.08 Å². The van der Waals surface area contributed by atoms with Gasteiger partial charge in [-0.2, -0.15) is 57.1 Å². The Bertz CT molecular complexity index is 576. The van der Waals surface area contributed by atoms with E-state index in [-0.39, 0.29) is 6.08 Å².